The van der Waals surface area contributed by atoms with E-state index in [9.17, 15) is 14.7 Å². The van der Waals surface area contributed by atoms with Crippen LogP contribution in [0.5, 0.6) is 0 Å². The highest BCUT2D eigenvalue weighted by atomic mass is 16.3. The lowest BCUT2D eigenvalue weighted by Crippen LogP contribution is -2.49. The number of amides is 2. The largest absolute Gasteiger partial charge is 0.380 e. The van der Waals surface area contributed by atoms with E-state index < -0.39 is 5.60 Å². The van der Waals surface area contributed by atoms with Crippen LogP contribution in [0.2, 0.25) is 0 Å². The van der Waals surface area contributed by atoms with Gasteiger partial charge in [0.15, 0.2) is 0 Å². The monoisotopic (exact) mass is 330 g/mol. The third-order valence-corrected chi connectivity index (χ3v) is 5.20. The van der Waals surface area contributed by atoms with Gasteiger partial charge in [-0.15, -0.1) is 0 Å². The third kappa shape index (κ3) is 3.96. The highest BCUT2D eigenvalue weighted by Gasteiger charge is 2.40. The molecule has 2 N–H and O–H groups in total. The second-order valence-electron chi connectivity index (χ2n) is 7.02. The molecule has 1 saturated heterocycles. The minimum atomic E-state index is -1.19. The number of carbonyl (C=O) groups is 2. The van der Waals surface area contributed by atoms with Crippen LogP contribution in [-0.2, 0) is 16.0 Å². The van der Waals surface area contributed by atoms with Gasteiger partial charge in [0.05, 0.1) is 0 Å². The zero-order valence-corrected chi connectivity index (χ0v) is 14.0. The first kappa shape index (κ1) is 17.0. The summed E-state index contributed by atoms with van der Waals surface area (Å²) < 4.78 is 0. The van der Waals surface area contributed by atoms with Crippen molar-refractivity contribution in [3.8, 4) is 0 Å². The van der Waals surface area contributed by atoms with Gasteiger partial charge < -0.3 is 15.3 Å². The van der Waals surface area contributed by atoms with Crippen molar-refractivity contribution in [2.75, 3.05) is 13.1 Å². The standard InChI is InChI=1S/C19H26N2O3/c22-17(9-8-15-6-2-1-3-7-15)21-13-10-16(14-21)20-18(23)19(24)11-4-5-12-19/h1-3,6-7,16,24H,4-5,8-14H2,(H,20,23)/t16-/m0/s1. The van der Waals surface area contributed by atoms with Crippen molar-refractivity contribution < 1.29 is 14.7 Å². The normalized spacial score (nSPS) is 22.5. The molecule has 1 aliphatic heterocycles. The smallest absolute Gasteiger partial charge is 0.252 e. The van der Waals surface area contributed by atoms with Gasteiger partial charge in [-0.05, 0) is 44.1 Å². The summed E-state index contributed by atoms with van der Waals surface area (Å²) in [6, 6.07) is 9.95. The van der Waals surface area contributed by atoms with Crippen molar-refractivity contribution in [2.45, 2.75) is 56.6 Å². The van der Waals surface area contributed by atoms with Gasteiger partial charge in [-0.3, -0.25) is 9.59 Å². The van der Waals surface area contributed by atoms with E-state index in [2.05, 4.69) is 5.32 Å². The van der Waals surface area contributed by atoms with E-state index >= 15 is 0 Å². The van der Waals surface area contributed by atoms with Crippen LogP contribution in [-0.4, -0.2) is 46.6 Å². The Morgan fingerprint density at radius 3 is 2.62 bits per heavy atom. The van der Waals surface area contributed by atoms with E-state index in [0.29, 0.717) is 32.4 Å². The average Bonchev–Trinajstić information content (AvgIpc) is 3.24. The molecular formula is C19H26N2O3. The molecule has 24 heavy (non-hydrogen) atoms. The number of aryl methyl sites for hydroxylation is 1. The van der Waals surface area contributed by atoms with Crippen molar-refractivity contribution in [1.29, 1.82) is 0 Å². The van der Waals surface area contributed by atoms with Gasteiger partial charge in [-0.1, -0.05) is 30.3 Å². The molecule has 1 heterocycles. The lowest BCUT2D eigenvalue weighted by atomic mass is 10.0. The molecule has 5 heteroatoms. The molecule has 3 rings (SSSR count). The summed E-state index contributed by atoms with van der Waals surface area (Å²) in [5.41, 5.74) is -0.0246. The van der Waals surface area contributed by atoms with Gasteiger partial charge in [-0.25, -0.2) is 0 Å². The lowest BCUT2D eigenvalue weighted by molar-refractivity contribution is -0.140. The Kier molecular flexibility index (Phi) is 5.19. The second-order valence-corrected chi connectivity index (χ2v) is 7.02. The fourth-order valence-corrected chi connectivity index (χ4v) is 3.67. The quantitative estimate of drug-likeness (QED) is 0.862. The maximum Gasteiger partial charge on any atom is 0.252 e. The van der Waals surface area contributed by atoms with E-state index in [1.807, 2.05) is 35.2 Å². The number of hydrogen-bond acceptors (Lipinski definition) is 3. The van der Waals surface area contributed by atoms with Crippen LogP contribution in [0.15, 0.2) is 30.3 Å². The molecule has 0 spiro atoms. The fourth-order valence-electron chi connectivity index (χ4n) is 3.67. The fraction of sp³-hybridized carbons (Fsp3) is 0.579. The molecule has 1 aromatic rings. The van der Waals surface area contributed by atoms with Crippen LogP contribution in [0, 0.1) is 0 Å². The first-order valence-corrected chi connectivity index (χ1v) is 8.92. The van der Waals surface area contributed by atoms with Gasteiger partial charge in [0.25, 0.3) is 5.91 Å². The Morgan fingerprint density at radius 1 is 1.21 bits per heavy atom. The van der Waals surface area contributed by atoms with Crippen LogP contribution in [0.3, 0.4) is 0 Å². The minimum Gasteiger partial charge on any atom is -0.380 e. The van der Waals surface area contributed by atoms with Crippen molar-refractivity contribution in [1.82, 2.24) is 10.2 Å². The molecule has 0 bridgehead atoms. The molecule has 1 atom stereocenters. The maximum atomic E-state index is 12.3. The Hall–Kier alpha value is -1.88. The summed E-state index contributed by atoms with van der Waals surface area (Å²) in [4.78, 5) is 26.4. The molecular weight excluding hydrogens is 304 g/mol. The van der Waals surface area contributed by atoms with Crippen molar-refractivity contribution in [3.63, 3.8) is 0 Å². The van der Waals surface area contributed by atoms with E-state index in [1.54, 1.807) is 0 Å². The number of carbonyl (C=O) groups excluding carboxylic acids is 2. The molecule has 130 valence electrons. The van der Waals surface area contributed by atoms with Gasteiger partial charge >= 0.3 is 0 Å². The van der Waals surface area contributed by atoms with Crippen molar-refractivity contribution >= 4 is 11.8 Å². The zero-order chi connectivity index (χ0) is 17.0. The van der Waals surface area contributed by atoms with Crippen molar-refractivity contribution in [3.05, 3.63) is 35.9 Å². The van der Waals surface area contributed by atoms with E-state index in [1.165, 1.54) is 5.56 Å². The highest BCUT2D eigenvalue weighted by molar-refractivity contribution is 5.85. The molecule has 2 aliphatic rings. The second kappa shape index (κ2) is 7.34. The number of benzene rings is 1. The van der Waals surface area contributed by atoms with Gasteiger partial charge in [-0.2, -0.15) is 0 Å². The Bertz CT molecular complexity index is 582. The summed E-state index contributed by atoms with van der Waals surface area (Å²) in [7, 11) is 0. The van der Waals surface area contributed by atoms with Gasteiger partial charge in [0, 0.05) is 25.6 Å². The third-order valence-electron chi connectivity index (χ3n) is 5.20. The molecule has 1 aromatic carbocycles. The summed E-state index contributed by atoms with van der Waals surface area (Å²) in [6.45, 7) is 1.23. The zero-order valence-electron chi connectivity index (χ0n) is 14.0. The van der Waals surface area contributed by atoms with E-state index in [4.69, 9.17) is 0 Å². The molecule has 0 aromatic heterocycles. The molecule has 5 nitrogen and oxygen atoms in total. The van der Waals surface area contributed by atoms with Crippen LogP contribution in [0.4, 0.5) is 0 Å². The number of nitrogens with one attached hydrogen (secondary N) is 1. The maximum absolute atomic E-state index is 12.3. The summed E-state index contributed by atoms with van der Waals surface area (Å²) in [6.07, 6.45) is 4.90. The number of nitrogens with zero attached hydrogens (tertiary/aromatic N) is 1. The SMILES string of the molecule is O=C(CCc1ccccc1)N1CC[C@H](NC(=O)C2(O)CCCC2)C1. The van der Waals surface area contributed by atoms with Crippen LogP contribution in [0.1, 0.15) is 44.1 Å². The van der Waals surface area contributed by atoms with E-state index in [0.717, 1.165) is 25.7 Å². The molecule has 0 unspecified atom stereocenters. The molecule has 2 amide bonds. The number of aliphatic hydroxyl groups is 1. The lowest BCUT2D eigenvalue weighted by Gasteiger charge is -2.24. The van der Waals surface area contributed by atoms with E-state index in [-0.39, 0.29) is 17.9 Å². The Morgan fingerprint density at radius 2 is 1.92 bits per heavy atom. The summed E-state index contributed by atoms with van der Waals surface area (Å²) >= 11 is 0. The van der Waals surface area contributed by atoms with Crippen LogP contribution >= 0.6 is 0 Å². The minimum absolute atomic E-state index is 0.0391. The molecule has 0 radical (unpaired) electrons. The number of hydrogen-bond donors (Lipinski definition) is 2. The topological polar surface area (TPSA) is 69.6 Å². The first-order valence-electron chi connectivity index (χ1n) is 8.92. The molecule has 1 aliphatic carbocycles. The predicted molar refractivity (Wildman–Crippen MR) is 91.3 cm³/mol. The predicted octanol–water partition coefficient (Wildman–Crippen LogP) is 1.64. The Labute approximate surface area is 143 Å². The number of likely N-dealkylation sites (tertiary alicyclic amines) is 1. The summed E-state index contributed by atoms with van der Waals surface area (Å²) in [5, 5.41) is 13.3. The van der Waals surface area contributed by atoms with Crippen LogP contribution < -0.4 is 5.32 Å². The van der Waals surface area contributed by atoms with Crippen LogP contribution in [0.25, 0.3) is 0 Å². The van der Waals surface area contributed by atoms with Crippen molar-refractivity contribution in [2.24, 2.45) is 0 Å². The average molecular weight is 330 g/mol. The highest BCUT2D eigenvalue weighted by Crippen LogP contribution is 2.29. The molecule has 2 fully saturated rings. The Balaban J connectivity index is 1.44. The van der Waals surface area contributed by atoms with Gasteiger partial charge in [0.1, 0.15) is 5.60 Å². The summed E-state index contributed by atoms with van der Waals surface area (Å²) in [5.74, 6) is -0.126. The van der Waals surface area contributed by atoms with Gasteiger partial charge in [0.2, 0.25) is 5.91 Å². The number of rotatable bonds is 5. The first-order chi connectivity index (χ1) is 11.6. The molecule has 1 saturated carbocycles.